The van der Waals surface area contributed by atoms with E-state index in [9.17, 15) is 19.2 Å². The fourth-order valence-corrected chi connectivity index (χ4v) is 5.82. The van der Waals surface area contributed by atoms with Gasteiger partial charge < -0.3 is 10.1 Å². The predicted octanol–water partition coefficient (Wildman–Crippen LogP) is 2.33. The van der Waals surface area contributed by atoms with Crippen molar-refractivity contribution in [2.45, 2.75) is 82.5 Å². The van der Waals surface area contributed by atoms with Gasteiger partial charge in [-0.25, -0.2) is 0 Å². The van der Waals surface area contributed by atoms with Gasteiger partial charge >= 0.3 is 0 Å². The molecule has 1 fully saturated rings. The van der Waals surface area contributed by atoms with Crippen molar-refractivity contribution in [3.63, 3.8) is 0 Å². The third-order valence-electron chi connectivity index (χ3n) is 5.82. The predicted molar refractivity (Wildman–Crippen MR) is 129 cm³/mol. The number of nitrogens with one attached hydrogen (secondary N) is 1. The average molecular weight is 456 g/mol. The Bertz CT molecular complexity index is 602. The van der Waals surface area contributed by atoms with Gasteiger partial charge in [0.05, 0.1) is 10.9 Å². The monoisotopic (exact) mass is 456 g/mol. The summed E-state index contributed by atoms with van der Waals surface area (Å²) in [5, 5.41) is 3.07. The number of likely N-dealkylation sites (tertiary alicyclic amines) is 1. The average Bonchev–Trinajstić information content (AvgIpc) is 2.98. The number of imide groups is 1. The molecule has 0 spiro atoms. The maximum atomic E-state index is 12.4. The van der Waals surface area contributed by atoms with E-state index >= 15 is 0 Å². The molecule has 1 aliphatic rings. The molecule has 1 heterocycles. The van der Waals surface area contributed by atoms with Gasteiger partial charge in [-0.1, -0.05) is 27.2 Å². The van der Waals surface area contributed by atoms with E-state index in [1.54, 1.807) is 0 Å². The van der Waals surface area contributed by atoms with Crippen LogP contribution in [0, 0.1) is 0 Å². The van der Waals surface area contributed by atoms with E-state index in [-0.39, 0.29) is 35.1 Å². The minimum Gasteiger partial charge on any atom is -0.356 e. The summed E-state index contributed by atoms with van der Waals surface area (Å²) in [7, 11) is 2.40. The molecule has 0 aliphatic carbocycles. The highest BCUT2D eigenvalue weighted by Crippen LogP contribution is 2.36. The van der Waals surface area contributed by atoms with Crippen molar-refractivity contribution < 1.29 is 19.2 Å². The van der Waals surface area contributed by atoms with Gasteiger partial charge in [0.15, 0.2) is 7.85 Å². The smallest absolute Gasteiger partial charge is 0.242 e. The minimum absolute atomic E-state index is 0.0877. The molecule has 0 bridgehead atoms. The van der Waals surface area contributed by atoms with Gasteiger partial charge in [-0.05, 0) is 37.0 Å². The van der Waals surface area contributed by atoms with Crippen molar-refractivity contribution in [2.24, 2.45) is 0 Å². The van der Waals surface area contributed by atoms with E-state index < -0.39 is 0 Å². The van der Waals surface area contributed by atoms with Crippen LogP contribution in [0.15, 0.2) is 0 Å². The van der Waals surface area contributed by atoms with Crippen molar-refractivity contribution in [3.8, 4) is 0 Å². The highest BCUT2D eigenvalue weighted by Gasteiger charge is 2.38. The first-order valence-electron chi connectivity index (χ1n) is 11.2. The summed E-state index contributed by atoms with van der Waals surface area (Å²) in [5.74, 6) is 0.423. The van der Waals surface area contributed by atoms with Gasteiger partial charge in [0.25, 0.3) is 0 Å². The fraction of sp³-hybridized carbons (Fsp3) is 0.810. The standard InChI is InChI=1S/C21H38BN2O4PS/c1-4-21(3,5-2)29-13-11-23-18(26)9-7-6-8-12-24-19(27)15-16(20(24)28)30-14-10-17(22)25/h16,29H,4-15,22H2,1-3H3,(H,23,26). The molecule has 9 heteroatoms. The molecule has 30 heavy (non-hydrogen) atoms. The summed E-state index contributed by atoms with van der Waals surface area (Å²) in [5.41, 5.74) is 0.0981. The van der Waals surface area contributed by atoms with Gasteiger partial charge in [-0.3, -0.25) is 19.3 Å². The lowest BCUT2D eigenvalue weighted by Gasteiger charge is -2.26. The lowest BCUT2D eigenvalue weighted by molar-refractivity contribution is -0.138. The van der Waals surface area contributed by atoms with E-state index in [4.69, 9.17) is 0 Å². The molecule has 0 aromatic carbocycles. The zero-order valence-electron chi connectivity index (χ0n) is 19.1. The summed E-state index contributed by atoms with van der Waals surface area (Å²) in [6, 6.07) is 0. The summed E-state index contributed by atoms with van der Waals surface area (Å²) >= 11 is 1.40. The Hall–Kier alpha value is -0.875. The summed E-state index contributed by atoms with van der Waals surface area (Å²) in [4.78, 5) is 48.8. The molecule has 0 aromatic rings. The Balaban J connectivity index is 2.14. The summed E-state index contributed by atoms with van der Waals surface area (Å²) in [6.07, 6.45) is 6.86. The molecule has 3 amide bonds. The first kappa shape index (κ1) is 27.2. The molecule has 1 rings (SSSR count). The van der Waals surface area contributed by atoms with E-state index in [0.29, 0.717) is 30.3 Å². The normalized spacial score (nSPS) is 17.3. The van der Waals surface area contributed by atoms with Crippen LogP contribution in [0.2, 0.25) is 0 Å². The van der Waals surface area contributed by atoms with Crippen molar-refractivity contribution in [1.82, 2.24) is 10.2 Å². The number of unbranched alkanes of at least 4 members (excludes halogenated alkanes) is 2. The second kappa shape index (κ2) is 14.2. The Kier molecular flexibility index (Phi) is 12.9. The van der Waals surface area contributed by atoms with E-state index in [1.165, 1.54) is 37.3 Å². The van der Waals surface area contributed by atoms with Crippen LogP contribution < -0.4 is 5.32 Å². The topological polar surface area (TPSA) is 83.6 Å². The number of thioether (sulfide) groups is 1. The quantitative estimate of drug-likeness (QED) is 0.167. The fourth-order valence-electron chi connectivity index (χ4n) is 3.25. The Morgan fingerprint density at radius 2 is 1.90 bits per heavy atom. The number of carbonyl (C=O) groups is 4. The van der Waals surface area contributed by atoms with Gasteiger partial charge in [-0.2, -0.15) is 0 Å². The SMILES string of the molecule is BC(=O)CCSC1CC(=O)N(CCCCCC(=O)NCCPC(C)(CC)CC)C1=O. The van der Waals surface area contributed by atoms with Crippen molar-refractivity contribution in [2.75, 3.05) is 25.0 Å². The molecule has 1 aliphatic heterocycles. The number of rotatable bonds is 16. The van der Waals surface area contributed by atoms with Crippen LogP contribution in [0.3, 0.4) is 0 Å². The first-order valence-corrected chi connectivity index (χ1v) is 13.4. The number of amides is 3. The highest BCUT2D eigenvalue weighted by molar-refractivity contribution is 8.00. The minimum atomic E-state index is -0.342. The van der Waals surface area contributed by atoms with Gasteiger partial charge in [0.1, 0.15) is 0 Å². The molecule has 0 aromatic heterocycles. The maximum absolute atomic E-state index is 12.4. The van der Waals surface area contributed by atoms with Crippen LogP contribution in [0.5, 0.6) is 0 Å². The number of hydrogen-bond donors (Lipinski definition) is 1. The zero-order valence-corrected chi connectivity index (χ0v) is 20.9. The third kappa shape index (κ3) is 9.95. The summed E-state index contributed by atoms with van der Waals surface area (Å²) in [6.45, 7) is 7.94. The molecular weight excluding hydrogens is 418 g/mol. The van der Waals surface area contributed by atoms with Crippen molar-refractivity contribution in [3.05, 3.63) is 0 Å². The van der Waals surface area contributed by atoms with E-state index in [2.05, 4.69) is 26.1 Å². The molecule has 2 unspecified atom stereocenters. The lowest BCUT2D eigenvalue weighted by Crippen LogP contribution is -2.32. The molecule has 170 valence electrons. The number of hydrogen-bond acceptors (Lipinski definition) is 5. The van der Waals surface area contributed by atoms with Gasteiger partial charge in [-0.15, -0.1) is 20.3 Å². The molecule has 0 radical (unpaired) electrons. The third-order valence-corrected chi connectivity index (χ3v) is 9.09. The molecule has 1 saturated heterocycles. The van der Waals surface area contributed by atoms with E-state index in [1.807, 2.05) is 0 Å². The number of nitrogens with zero attached hydrogens (tertiary/aromatic N) is 1. The molecule has 2 atom stereocenters. The summed E-state index contributed by atoms with van der Waals surface area (Å²) < 4.78 is 0. The second-order valence-electron chi connectivity index (χ2n) is 8.25. The molecule has 6 nitrogen and oxygen atoms in total. The van der Waals surface area contributed by atoms with Crippen LogP contribution >= 0.6 is 20.3 Å². The Morgan fingerprint density at radius 1 is 1.20 bits per heavy atom. The van der Waals surface area contributed by atoms with Crippen LogP contribution in [-0.4, -0.2) is 71.6 Å². The van der Waals surface area contributed by atoms with Crippen LogP contribution in [-0.2, 0) is 19.2 Å². The Morgan fingerprint density at radius 3 is 2.53 bits per heavy atom. The van der Waals surface area contributed by atoms with Crippen molar-refractivity contribution in [1.29, 1.82) is 0 Å². The van der Waals surface area contributed by atoms with Crippen LogP contribution in [0.1, 0.15) is 72.1 Å². The zero-order chi connectivity index (χ0) is 22.6. The maximum Gasteiger partial charge on any atom is 0.242 e. The van der Waals surface area contributed by atoms with Crippen molar-refractivity contribution >= 4 is 51.6 Å². The van der Waals surface area contributed by atoms with E-state index in [0.717, 1.165) is 40.5 Å². The highest BCUT2D eigenvalue weighted by atomic mass is 32.2. The molecule has 1 N–H and O–H groups in total. The van der Waals surface area contributed by atoms with Crippen LogP contribution in [0.4, 0.5) is 0 Å². The van der Waals surface area contributed by atoms with Gasteiger partial charge in [0, 0.05) is 38.1 Å². The number of carbonyl (C=O) groups excluding carboxylic acids is 4. The lowest BCUT2D eigenvalue weighted by atomic mass is 10.0. The second-order valence-corrected chi connectivity index (χ2v) is 11.6. The van der Waals surface area contributed by atoms with Crippen LogP contribution in [0.25, 0.3) is 0 Å². The molecular formula is C21H38BN2O4PS. The van der Waals surface area contributed by atoms with Gasteiger partial charge in [0.2, 0.25) is 17.7 Å². The Labute approximate surface area is 188 Å². The largest absolute Gasteiger partial charge is 0.356 e. The first-order chi connectivity index (χ1) is 14.2. The molecule has 0 saturated carbocycles.